The molecule has 0 radical (unpaired) electrons. The molecule has 1 aromatic carbocycles. The van der Waals surface area contributed by atoms with E-state index in [1.54, 1.807) is 11.9 Å². The van der Waals surface area contributed by atoms with Crippen LogP contribution in [0.15, 0.2) is 42.5 Å². The van der Waals surface area contributed by atoms with Crippen LogP contribution < -0.4 is 9.46 Å². The molecule has 2 aliphatic heterocycles. The molecule has 184 valence electrons. The maximum absolute atomic E-state index is 9.94. The van der Waals surface area contributed by atoms with Crippen molar-refractivity contribution in [2.24, 2.45) is 0 Å². The molecule has 2 aromatic heterocycles. The fraction of sp³-hybridized carbons (Fsp3) is 0.423. The second kappa shape index (κ2) is 9.76. The lowest BCUT2D eigenvalue weighted by Crippen LogP contribution is -2.34. The second-order valence-corrected chi connectivity index (χ2v) is 10.4. The number of benzene rings is 1. The molecular formula is C26H28ClN3O4S. The summed E-state index contributed by atoms with van der Waals surface area (Å²) in [6, 6.07) is 12.8. The first kappa shape index (κ1) is 23.3. The van der Waals surface area contributed by atoms with Crippen LogP contribution in [-0.2, 0) is 9.47 Å². The molecule has 0 saturated carbocycles. The maximum atomic E-state index is 9.94. The van der Waals surface area contributed by atoms with Gasteiger partial charge < -0.3 is 24.3 Å². The van der Waals surface area contributed by atoms with E-state index in [0.29, 0.717) is 23.6 Å². The van der Waals surface area contributed by atoms with E-state index in [9.17, 15) is 5.11 Å². The monoisotopic (exact) mass is 513 g/mol. The van der Waals surface area contributed by atoms with Crippen LogP contribution in [0.5, 0.6) is 5.88 Å². The number of aromatic nitrogens is 2. The highest BCUT2D eigenvalue weighted by Crippen LogP contribution is 2.35. The summed E-state index contributed by atoms with van der Waals surface area (Å²) in [7, 11) is 0. The zero-order chi connectivity index (χ0) is 23.9. The van der Waals surface area contributed by atoms with Gasteiger partial charge in [-0.15, -0.1) is 0 Å². The van der Waals surface area contributed by atoms with Crippen molar-refractivity contribution in [3.05, 3.63) is 53.1 Å². The number of nitrogens with zero attached hydrogens (tertiary/aromatic N) is 1. The molecule has 1 aliphatic carbocycles. The molecule has 7 nitrogen and oxygen atoms in total. The van der Waals surface area contributed by atoms with E-state index >= 15 is 0 Å². The Labute approximate surface area is 213 Å². The molecular weight excluding hydrogens is 486 g/mol. The number of aliphatic hydroxyl groups excluding tert-OH is 1. The van der Waals surface area contributed by atoms with E-state index in [-0.39, 0.29) is 24.9 Å². The van der Waals surface area contributed by atoms with E-state index in [1.165, 1.54) is 11.1 Å². The third kappa shape index (κ3) is 4.59. The molecule has 3 aromatic rings. The van der Waals surface area contributed by atoms with Gasteiger partial charge in [-0.25, -0.2) is 4.98 Å². The average Bonchev–Trinajstić information content (AvgIpc) is 3.56. The number of fused-ring (bicyclic) bond motifs is 2. The number of hydrogen-bond acceptors (Lipinski definition) is 7. The minimum atomic E-state index is -0.603. The molecule has 4 heterocycles. The Morgan fingerprint density at radius 3 is 2.71 bits per heavy atom. The molecule has 3 aliphatic rings. The van der Waals surface area contributed by atoms with Gasteiger partial charge in [0.2, 0.25) is 0 Å². The Morgan fingerprint density at radius 2 is 1.94 bits per heavy atom. The van der Waals surface area contributed by atoms with Crippen LogP contribution in [0.3, 0.4) is 0 Å². The Kier molecular flexibility index (Phi) is 6.51. The number of rotatable bonds is 6. The van der Waals surface area contributed by atoms with E-state index < -0.39 is 6.10 Å². The van der Waals surface area contributed by atoms with E-state index in [1.807, 2.05) is 12.1 Å². The number of allylic oxidation sites excluding steroid dienone is 1. The summed E-state index contributed by atoms with van der Waals surface area (Å²) in [4.78, 5) is 8.06. The SMILES string of the molecule is CSNC1CC=C(c2ccc(-c3nc4cc(OC5CO[C@@H]6C(O)CO[C@H]56)[nH]c4cc3Cl)cc2)CC1. The topological polar surface area (TPSA) is 88.6 Å². The quantitative estimate of drug-likeness (QED) is 0.415. The van der Waals surface area contributed by atoms with Crippen LogP contribution in [0.1, 0.15) is 24.8 Å². The van der Waals surface area contributed by atoms with Gasteiger partial charge in [0.1, 0.15) is 18.3 Å². The van der Waals surface area contributed by atoms with Gasteiger partial charge in [0.25, 0.3) is 0 Å². The number of ether oxygens (including phenoxy) is 3. The number of nitrogens with one attached hydrogen (secondary N) is 2. The molecule has 0 spiro atoms. The van der Waals surface area contributed by atoms with E-state index in [2.05, 4.69) is 46.3 Å². The minimum absolute atomic E-state index is 0.269. The Morgan fingerprint density at radius 1 is 1.14 bits per heavy atom. The van der Waals surface area contributed by atoms with Crippen molar-refractivity contribution in [2.75, 3.05) is 19.5 Å². The van der Waals surface area contributed by atoms with Gasteiger partial charge in [-0.1, -0.05) is 53.9 Å². The molecule has 3 N–H and O–H groups in total. The average molecular weight is 514 g/mol. The van der Waals surface area contributed by atoms with Crippen LogP contribution >= 0.6 is 23.5 Å². The lowest BCUT2D eigenvalue weighted by atomic mass is 9.90. The van der Waals surface area contributed by atoms with Gasteiger partial charge in [-0.3, -0.25) is 4.72 Å². The minimum Gasteiger partial charge on any atom is -0.470 e. The van der Waals surface area contributed by atoms with Crippen LogP contribution in [0.2, 0.25) is 5.02 Å². The first-order valence-electron chi connectivity index (χ1n) is 11.9. The smallest absolute Gasteiger partial charge is 0.193 e. The van der Waals surface area contributed by atoms with Crippen LogP contribution in [0.25, 0.3) is 27.9 Å². The highest BCUT2D eigenvalue weighted by Gasteiger charge is 2.48. The van der Waals surface area contributed by atoms with Gasteiger partial charge >= 0.3 is 0 Å². The van der Waals surface area contributed by atoms with Crippen molar-refractivity contribution < 1.29 is 19.3 Å². The fourth-order valence-electron chi connectivity index (χ4n) is 5.19. The predicted molar refractivity (Wildman–Crippen MR) is 139 cm³/mol. The number of aromatic amines is 1. The standard InChI is InChI=1S/C26H28ClN3O4S/c1-35-30-17-8-6-15(7-9-17)14-2-4-16(5-3-14)24-18(27)10-19-20(29-24)11-23(28-19)34-22-13-33-25-21(31)12-32-26(22)25/h2-6,10-11,17,21-22,25-26,28,30-31H,7-9,12-13H2,1H3/t17?,21?,22?,25-,26-/m1/s1. The van der Waals surface area contributed by atoms with Crippen LogP contribution in [0.4, 0.5) is 0 Å². The zero-order valence-corrected chi connectivity index (χ0v) is 20.9. The molecule has 3 unspecified atom stereocenters. The summed E-state index contributed by atoms with van der Waals surface area (Å²) >= 11 is 8.32. The summed E-state index contributed by atoms with van der Waals surface area (Å²) in [6.07, 6.45) is 6.22. The van der Waals surface area contributed by atoms with E-state index in [0.717, 1.165) is 41.6 Å². The predicted octanol–water partition coefficient (Wildman–Crippen LogP) is 4.59. The second-order valence-electron chi connectivity index (χ2n) is 9.30. The number of halogens is 1. The third-order valence-electron chi connectivity index (χ3n) is 7.02. The van der Waals surface area contributed by atoms with Crippen molar-refractivity contribution in [3.63, 3.8) is 0 Å². The first-order chi connectivity index (χ1) is 17.1. The van der Waals surface area contributed by atoms with Gasteiger partial charge in [0.05, 0.1) is 35.0 Å². The summed E-state index contributed by atoms with van der Waals surface area (Å²) in [6.45, 7) is 0.646. The van der Waals surface area contributed by atoms with Crippen molar-refractivity contribution in [3.8, 4) is 17.1 Å². The van der Waals surface area contributed by atoms with Crippen molar-refractivity contribution >= 4 is 40.2 Å². The van der Waals surface area contributed by atoms with Crippen LogP contribution in [-0.4, -0.2) is 65.0 Å². The Bertz CT molecular complexity index is 1250. The molecule has 0 bridgehead atoms. The highest BCUT2D eigenvalue weighted by atomic mass is 35.5. The molecule has 35 heavy (non-hydrogen) atoms. The van der Waals surface area contributed by atoms with Gasteiger partial charge in [-0.2, -0.15) is 0 Å². The third-order valence-corrected chi connectivity index (χ3v) is 7.87. The number of pyridine rings is 1. The molecule has 6 rings (SSSR count). The number of aliphatic hydroxyl groups is 1. The van der Waals surface area contributed by atoms with E-state index in [4.69, 9.17) is 30.8 Å². The summed E-state index contributed by atoms with van der Waals surface area (Å²) in [5, 5.41) is 10.5. The highest BCUT2D eigenvalue weighted by molar-refractivity contribution is 7.96. The first-order valence-corrected chi connectivity index (χ1v) is 13.5. The molecule has 9 heteroatoms. The number of H-pyrrole nitrogens is 1. The Hall–Kier alpha value is -2.07. The zero-order valence-electron chi connectivity index (χ0n) is 19.4. The van der Waals surface area contributed by atoms with Crippen molar-refractivity contribution in [1.82, 2.24) is 14.7 Å². The normalized spacial score (nSPS) is 28.3. The maximum Gasteiger partial charge on any atom is 0.193 e. The summed E-state index contributed by atoms with van der Waals surface area (Å²) in [5.74, 6) is 0.578. The van der Waals surface area contributed by atoms with Crippen molar-refractivity contribution in [2.45, 2.75) is 49.7 Å². The fourth-order valence-corrected chi connectivity index (χ4v) is 6.00. The van der Waals surface area contributed by atoms with Gasteiger partial charge in [-0.05, 0) is 42.7 Å². The van der Waals surface area contributed by atoms with Crippen molar-refractivity contribution in [1.29, 1.82) is 0 Å². The number of hydrogen-bond donors (Lipinski definition) is 3. The summed E-state index contributed by atoms with van der Waals surface area (Å²) in [5.41, 5.74) is 5.94. The van der Waals surface area contributed by atoms with Gasteiger partial charge in [0, 0.05) is 17.7 Å². The van der Waals surface area contributed by atoms with Crippen LogP contribution in [0, 0.1) is 0 Å². The molecule has 2 fully saturated rings. The summed E-state index contributed by atoms with van der Waals surface area (Å²) < 4.78 is 20.9. The molecule has 5 atom stereocenters. The largest absolute Gasteiger partial charge is 0.470 e. The molecule has 0 amide bonds. The lowest BCUT2D eigenvalue weighted by Gasteiger charge is -2.22. The Balaban J connectivity index is 1.19. The lowest BCUT2D eigenvalue weighted by molar-refractivity contribution is 0.00794. The molecule has 2 saturated heterocycles. The van der Waals surface area contributed by atoms with Gasteiger partial charge in [0.15, 0.2) is 12.0 Å².